The lowest BCUT2D eigenvalue weighted by atomic mass is 10.1. The Morgan fingerprint density at radius 3 is 2.54 bits per heavy atom. The fraction of sp³-hybridized carbons (Fsp3) is 0.588. The number of hydrogen-bond donors (Lipinski definition) is 2. The van der Waals surface area contributed by atoms with E-state index in [2.05, 4.69) is 25.5 Å². The van der Waals surface area contributed by atoms with Crippen LogP contribution in [0.2, 0.25) is 0 Å². The van der Waals surface area contributed by atoms with E-state index in [1.54, 1.807) is 6.20 Å². The largest absolute Gasteiger partial charge is 0.422 e. The number of oxazole rings is 1. The Labute approximate surface area is 140 Å². The minimum atomic E-state index is -0.0218. The number of rotatable bonds is 3. The minimum Gasteiger partial charge on any atom is -0.422 e. The van der Waals surface area contributed by atoms with Gasteiger partial charge in [-0.2, -0.15) is 4.98 Å². The molecular weight excluding hydrogens is 306 g/mol. The summed E-state index contributed by atoms with van der Waals surface area (Å²) in [5, 5.41) is 6.19. The van der Waals surface area contributed by atoms with Crippen molar-refractivity contribution < 1.29 is 9.21 Å². The lowest BCUT2D eigenvalue weighted by Gasteiger charge is -2.31. The predicted molar refractivity (Wildman–Crippen MR) is 91.0 cm³/mol. The molecule has 1 aliphatic heterocycles. The average Bonchev–Trinajstić information content (AvgIpc) is 3.24. The van der Waals surface area contributed by atoms with Gasteiger partial charge in [0.25, 0.3) is 6.01 Å². The van der Waals surface area contributed by atoms with Crippen molar-refractivity contribution in [2.75, 3.05) is 18.0 Å². The summed E-state index contributed by atoms with van der Waals surface area (Å²) in [6.07, 6.45) is 8.17. The zero-order valence-electron chi connectivity index (χ0n) is 13.7. The first-order valence-electron chi connectivity index (χ1n) is 8.81. The SMILES string of the molecule is O=C(NC1CCCC1)NC1CCN(c2nc3ncccc3o2)CC1. The number of fused-ring (bicyclic) bond motifs is 1. The molecule has 2 aromatic heterocycles. The standard InChI is InChI=1S/C17H23N5O2/c23-16(19-12-4-1-2-5-12)20-13-7-10-22(11-8-13)17-21-15-14(24-17)6-3-9-18-15/h3,6,9,12-13H,1-2,4-5,7-8,10-11H2,(H2,19,20,23). The van der Waals surface area contributed by atoms with E-state index in [4.69, 9.17) is 4.42 Å². The van der Waals surface area contributed by atoms with Crippen LogP contribution in [0.3, 0.4) is 0 Å². The molecule has 2 aliphatic rings. The van der Waals surface area contributed by atoms with Gasteiger partial charge in [0.15, 0.2) is 5.58 Å². The summed E-state index contributed by atoms with van der Waals surface area (Å²) in [7, 11) is 0. The van der Waals surface area contributed by atoms with Crippen molar-refractivity contribution in [1.29, 1.82) is 0 Å². The number of hydrogen-bond acceptors (Lipinski definition) is 5. The molecule has 0 radical (unpaired) electrons. The fourth-order valence-electron chi connectivity index (χ4n) is 3.59. The molecule has 7 nitrogen and oxygen atoms in total. The molecule has 128 valence electrons. The number of piperidine rings is 1. The summed E-state index contributed by atoms with van der Waals surface area (Å²) >= 11 is 0. The van der Waals surface area contributed by atoms with Crippen LogP contribution in [-0.2, 0) is 0 Å². The number of carbonyl (C=O) groups excluding carboxylic acids is 1. The van der Waals surface area contributed by atoms with Gasteiger partial charge in [-0.15, -0.1) is 0 Å². The van der Waals surface area contributed by atoms with Crippen molar-refractivity contribution in [3.8, 4) is 0 Å². The van der Waals surface area contributed by atoms with Crippen LogP contribution < -0.4 is 15.5 Å². The molecule has 0 aromatic carbocycles. The van der Waals surface area contributed by atoms with Gasteiger partial charge in [-0.1, -0.05) is 12.8 Å². The van der Waals surface area contributed by atoms with Crippen LogP contribution in [0.1, 0.15) is 38.5 Å². The highest BCUT2D eigenvalue weighted by Crippen LogP contribution is 2.23. The number of nitrogens with one attached hydrogen (secondary N) is 2. The van der Waals surface area contributed by atoms with Gasteiger partial charge in [-0.05, 0) is 37.8 Å². The van der Waals surface area contributed by atoms with Crippen LogP contribution in [-0.4, -0.2) is 41.2 Å². The highest BCUT2D eigenvalue weighted by Gasteiger charge is 2.25. The monoisotopic (exact) mass is 329 g/mol. The maximum atomic E-state index is 12.1. The van der Waals surface area contributed by atoms with Gasteiger partial charge >= 0.3 is 6.03 Å². The van der Waals surface area contributed by atoms with E-state index in [-0.39, 0.29) is 12.1 Å². The number of amides is 2. The molecule has 7 heteroatoms. The number of nitrogens with zero attached hydrogens (tertiary/aromatic N) is 3. The van der Waals surface area contributed by atoms with Crippen LogP contribution in [0.4, 0.5) is 10.8 Å². The van der Waals surface area contributed by atoms with Crippen molar-refractivity contribution in [3.63, 3.8) is 0 Å². The Morgan fingerprint density at radius 2 is 1.83 bits per heavy atom. The first kappa shape index (κ1) is 15.2. The topological polar surface area (TPSA) is 83.3 Å². The van der Waals surface area contributed by atoms with E-state index in [0.717, 1.165) is 38.8 Å². The smallest absolute Gasteiger partial charge is 0.315 e. The normalized spacial score (nSPS) is 19.8. The second kappa shape index (κ2) is 6.67. The first-order valence-corrected chi connectivity index (χ1v) is 8.81. The molecule has 2 aromatic rings. The van der Waals surface area contributed by atoms with Gasteiger partial charge in [0.2, 0.25) is 5.65 Å². The van der Waals surface area contributed by atoms with E-state index < -0.39 is 0 Å². The molecule has 2 fully saturated rings. The van der Waals surface area contributed by atoms with Crippen LogP contribution in [0, 0.1) is 0 Å². The van der Waals surface area contributed by atoms with Crippen LogP contribution in [0.25, 0.3) is 11.2 Å². The van der Waals surface area contributed by atoms with Crippen molar-refractivity contribution in [1.82, 2.24) is 20.6 Å². The van der Waals surface area contributed by atoms with E-state index in [1.807, 2.05) is 12.1 Å². The zero-order valence-corrected chi connectivity index (χ0v) is 13.7. The number of carbonyl (C=O) groups is 1. The van der Waals surface area contributed by atoms with Gasteiger partial charge in [0.1, 0.15) is 0 Å². The quantitative estimate of drug-likeness (QED) is 0.903. The Hall–Kier alpha value is -2.31. The second-order valence-electron chi connectivity index (χ2n) is 6.68. The molecule has 0 unspecified atom stereocenters. The lowest BCUT2D eigenvalue weighted by Crippen LogP contribution is -2.49. The Kier molecular flexibility index (Phi) is 4.23. The van der Waals surface area contributed by atoms with Crippen molar-refractivity contribution in [2.24, 2.45) is 0 Å². The van der Waals surface area contributed by atoms with E-state index in [9.17, 15) is 4.79 Å². The summed E-state index contributed by atoms with van der Waals surface area (Å²) in [6, 6.07) is 4.89. The van der Waals surface area contributed by atoms with Crippen molar-refractivity contribution >= 4 is 23.3 Å². The molecular formula is C17H23N5O2. The summed E-state index contributed by atoms with van der Waals surface area (Å²) in [4.78, 5) is 22.8. The van der Waals surface area contributed by atoms with Gasteiger partial charge in [0, 0.05) is 31.4 Å². The fourth-order valence-corrected chi connectivity index (χ4v) is 3.59. The van der Waals surface area contributed by atoms with Crippen molar-refractivity contribution in [3.05, 3.63) is 18.3 Å². The summed E-state index contributed by atoms with van der Waals surface area (Å²) in [6.45, 7) is 1.64. The molecule has 1 saturated heterocycles. The number of aromatic nitrogens is 2. The molecule has 4 rings (SSSR count). The Bertz CT molecular complexity index is 669. The van der Waals surface area contributed by atoms with Crippen LogP contribution >= 0.6 is 0 Å². The maximum Gasteiger partial charge on any atom is 0.315 e. The molecule has 1 aliphatic carbocycles. The van der Waals surface area contributed by atoms with E-state index in [0.29, 0.717) is 23.3 Å². The lowest BCUT2D eigenvalue weighted by molar-refractivity contribution is 0.230. The van der Waals surface area contributed by atoms with E-state index in [1.165, 1.54) is 12.8 Å². The highest BCUT2D eigenvalue weighted by molar-refractivity contribution is 5.74. The van der Waals surface area contributed by atoms with Gasteiger partial charge in [0.05, 0.1) is 0 Å². The van der Waals surface area contributed by atoms with Crippen LogP contribution in [0.15, 0.2) is 22.7 Å². The van der Waals surface area contributed by atoms with Gasteiger partial charge in [-0.3, -0.25) is 0 Å². The third-order valence-corrected chi connectivity index (χ3v) is 4.94. The highest BCUT2D eigenvalue weighted by atomic mass is 16.4. The molecule has 0 atom stereocenters. The zero-order chi connectivity index (χ0) is 16.4. The Morgan fingerprint density at radius 1 is 1.12 bits per heavy atom. The molecule has 0 bridgehead atoms. The number of pyridine rings is 1. The number of anilines is 1. The maximum absolute atomic E-state index is 12.1. The van der Waals surface area contributed by atoms with Crippen molar-refractivity contribution in [2.45, 2.75) is 50.6 Å². The summed E-state index contributed by atoms with van der Waals surface area (Å²) in [5.41, 5.74) is 1.35. The Balaban J connectivity index is 1.29. The molecule has 0 spiro atoms. The first-order chi connectivity index (χ1) is 11.8. The third kappa shape index (κ3) is 3.29. The molecule has 3 heterocycles. The predicted octanol–water partition coefficient (Wildman–Crippen LogP) is 2.43. The average molecular weight is 329 g/mol. The van der Waals surface area contributed by atoms with Gasteiger partial charge in [-0.25, -0.2) is 9.78 Å². The van der Waals surface area contributed by atoms with Gasteiger partial charge < -0.3 is 20.0 Å². The molecule has 24 heavy (non-hydrogen) atoms. The molecule has 2 amide bonds. The molecule has 2 N–H and O–H groups in total. The number of urea groups is 1. The molecule has 1 saturated carbocycles. The summed E-state index contributed by atoms with van der Waals surface area (Å²) < 4.78 is 5.77. The second-order valence-corrected chi connectivity index (χ2v) is 6.68. The summed E-state index contributed by atoms with van der Waals surface area (Å²) in [5.74, 6) is 0. The van der Waals surface area contributed by atoms with Crippen LogP contribution in [0.5, 0.6) is 0 Å². The van der Waals surface area contributed by atoms with E-state index >= 15 is 0 Å². The minimum absolute atomic E-state index is 0.0218. The third-order valence-electron chi connectivity index (χ3n) is 4.94.